The second kappa shape index (κ2) is 15.7. The maximum absolute atomic E-state index is 2.61. The maximum atomic E-state index is 2.61. The molecule has 0 saturated heterocycles. The van der Waals surface area contributed by atoms with Gasteiger partial charge in [0.15, 0.2) is 0 Å². The van der Waals surface area contributed by atoms with Crippen molar-refractivity contribution in [2.24, 2.45) is 0 Å². The van der Waals surface area contributed by atoms with Crippen LogP contribution in [0.3, 0.4) is 0 Å². The Morgan fingerprint density at radius 2 is 0.973 bits per heavy atom. The zero-order chi connectivity index (χ0) is 48.7. The summed E-state index contributed by atoms with van der Waals surface area (Å²) in [6.45, 7) is 9.20. The number of allylic oxidation sites excluding steroid dienone is 4. The van der Waals surface area contributed by atoms with Crippen LogP contribution in [0.15, 0.2) is 224 Å². The molecule has 0 amide bonds. The van der Waals surface area contributed by atoms with Crippen molar-refractivity contribution in [3.63, 3.8) is 0 Å². The van der Waals surface area contributed by atoms with Gasteiger partial charge in [-0.25, -0.2) is 0 Å². The van der Waals surface area contributed by atoms with E-state index in [9.17, 15) is 0 Å². The molecule has 0 unspecified atom stereocenters. The van der Waals surface area contributed by atoms with Crippen molar-refractivity contribution in [1.29, 1.82) is 0 Å². The summed E-state index contributed by atoms with van der Waals surface area (Å²) in [5, 5.41) is 23.6. The number of hydrogen-bond donors (Lipinski definition) is 0. The fourth-order valence-electron chi connectivity index (χ4n) is 13.7. The van der Waals surface area contributed by atoms with E-state index in [1.807, 2.05) is 0 Å². The number of fused-ring (bicyclic) bond motifs is 12. The molecule has 73 heavy (non-hydrogen) atoms. The first-order chi connectivity index (χ1) is 35.9. The number of rotatable bonds is 7. The Balaban J connectivity index is 1.06. The van der Waals surface area contributed by atoms with Gasteiger partial charge < -0.3 is 0 Å². The Kier molecular flexibility index (Phi) is 9.07. The third-order valence-corrected chi connectivity index (χ3v) is 17.3. The molecule has 0 fully saturated rings. The van der Waals surface area contributed by atoms with Crippen LogP contribution in [0.1, 0.15) is 49.9 Å². The third kappa shape index (κ3) is 5.96. The predicted octanol–water partition coefficient (Wildman–Crippen LogP) is 20.4. The second-order valence-electron chi connectivity index (χ2n) is 21.3. The van der Waals surface area contributed by atoms with E-state index in [-0.39, 0.29) is 5.41 Å². The number of benzene rings is 12. The summed E-state index contributed by atoms with van der Waals surface area (Å²) >= 11 is 0. The van der Waals surface area contributed by atoms with Gasteiger partial charge in [-0.1, -0.05) is 226 Å². The minimum absolute atomic E-state index is 0.0148. The van der Waals surface area contributed by atoms with Crippen LogP contribution in [-0.4, -0.2) is 0 Å². The maximum Gasteiger partial charge on any atom is 0.0118 e. The van der Waals surface area contributed by atoms with E-state index in [1.54, 1.807) is 0 Å². The van der Waals surface area contributed by atoms with E-state index in [4.69, 9.17) is 0 Å². The molecule has 0 heterocycles. The fourth-order valence-corrected chi connectivity index (χ4v) is 13.7. The van der Waals surface area contributed by atoms with Gasteiger partial charge in [-0.15, -0.1) is 0 Å². The highest BCUT2D eigenvalue weighted by Crippen LogP contribution is 2.57. The van der Waals surface area contributed by atoms with Crippen LogP contribution < -0.4 is 0 Å². The van der Waals surface area contributed by atoms with Gasteiger partial charge in [-0.2, -0.15) is 0 Å². The smallest absolute Gasteiger partial charge is 0.0118 e. The third-order valence-electron chi connectivity index (χ3n) is 17.3. The summed E-state index contributed by atoms with van der Waals surface area (Å²) in [4.78, 5) is 0. The van der Waals surface area contributed by atoms with E-state index in [2.05, 4.69) is 246 Å². The van der Waals surface area contributed by atoms with Gasteiger partial charge in [-0.05, 0) is 197 Å². The Morgan fingerprint density at radius 1 is 0.356 bits per heavy atom. The lowest BCUT2D eigenvalue weighted by atomic mass is 9.81. The first-order valence-electron chi connectivity index (χ1n) is 26.2. The van der Waals surface area contributed by atoms with Crippen LogP contribution in [0.25, 0.3) is 136 Å². The number of hydrogen-bond acceptors (Lipinski definition) is 0. The molecule has 0 nitrogen and oxygen atoms in total. The molecule has 344 valence electrons. The van der Waals surface area contributed by atoms with Gasteiger partial charge in [0.1, 0.15) is 0 Å². The monoisotopic (exact) mass is 928 g/mol. The Bertz CT molecular complexity index is 4670. The lowest BCUT2D eigenvalue weighted by molar-refractivity contribution is 0.638. The fraction of sp³-hybridized carbons (Fsp3) is 0.0959. The summed E-state index contributed by atoms with van der Waals surface area (Å²) in [6.07, 6.45) is 6.43. The second-order valence-corrected chi connectivity index (χ2v) is 21.3. The van der Waals surface area contributed by atoms with Crippen molar-refractivity contribution in [3.05, 3.63) is 246 Å². The molecular weight excluding hydrogens is 877 g/mol. The normalized spacial score (nSPS) is 13.9. The van der Waals surface area contributed by atoms with Gasteiger partial charge in [0.25, 0.3) is 0 Å². The molecule has 0 saturated carbocycles. The summed E-state index contributed by atoms with van der Waals surface area (Å²) in [5.41, 5.74) is 16.1. The summed E-state index contributed by atoms with van der Waals surface area (Å²) in [6, 6.07) is 78.9. The van der Waals surface area contributed by atoms with Crippen molar-refractivity contribution in [2.75, 3.05) is 0 Å². The quantitative estimate of drug-likeness (QED) is 0.140. The van der Waals surface area contributed by atoms with Crippen LogP contribution in [0.4, 0.5) is 0 Å². The van der Waals surface area contributed by atoms with Gasteiger partial charge in [0.05, 0.1) is 0 Å². The molecule has 0 aromatic heterocycles. The van der Waals surface area contributed by atoms with Crippen molar-refractivity contribution in [2.45, 2.75) is 46.0 Å². The predicted molar refractivity (Wildman–Crippen MR) is 317 cm³/mol. The average Bonchev–Trinajstić information content (AvgIpc) is 4.00. The SMILES string of the molecule is C/C=C\C1=C(C)C(C)(C)c2cc(CCc3ccc4c(c3)c3cc5c(-c6cccc7ccccc67)c6c7ccc(-c8ccccc8)c8c9ccccc9cc(c6c(-c6ccccc6)c5c5cccc4c35)c78)ccc21. The first kappa shape index (κ1) is 42.1. The molecule has 14 aromatic rings. The minimum atomic E-state index is 0.0148. The molecule has 1 aliphatic carbocycles. The van der Waals surface area contributed by atoms with Crippen molar-refractivity contribution < 1.29 is 0 Å². The lowest BCUT2D eigenvalue weighted by Crippen LogP contribution is -2.15. The average molecular weight is 929 g/mol. The van der Waals surface area contributed by atoms with E-state index in [1.165, 1.54) is 164 Å². The first-order valence-corrected chi connectivity index (χ1v) is 26.2. The molecule has 0 atom stereocenters. The largest absolute Gasteiger partial charge is 0.0870 e. The molecule has 0 aliphatic heterocycles. The summed E-state index contributed by atoms with van der Waals surface area (Å²) < 4.78 is 0. The Labute approximate surface area is 425 Å². The summed E-state index contributed by atoms with van der Waals surface area (Å²) in [5.74, 6) is 0. The number of aryl methyl sites for hydroxylation is 2. The van der Waals surface area contributed by atoms with Gasteiger partial charge in [0.2, 0.25) is 0 Å². The minimum Gasteiger partial charge on any atom is -0.0870 e. The van der Waals surface area contributed by atoms with E-state index in [0.29, 0.717) is 0 Å². The highest BCUT2D eigenvalue weighted by Gasteiger charge is 2.34. The van der Waals surface area contributed by atoms with Crippen molar-refractivity contribution >= 4 is 103 Å². The van der Waals surface area contributed by atoms with Crippen molar-refractivity contribution in [1.82, 2.24) is 0 Å². The zero-order valence-corrected chi connectivity index (χ0v) is 41.7. The van der Waals surface area contributed by atoms with Gasteiger partial charge in [-0.3, -0.25) is 0 Å². The van der Waals surface area contributed by atoms with Gasteiger partial charge in [0, 0.05) is 5.41 Å². The zero-order valence-electron chi connectivity index (χ0n) is 41.7. The van der Waals surface area contributed by atoms with Crippen LogP contribution in [0, 0.1) is 0 Å². The molecule has 15 rings (SSSR count). The van der Waals surface area contributed by atoms with E-state index < -0.39 is 0 Å². The highest BCUT2D eigenvalue weighted by molar-refractivity contribution is 6.47. The van der Waals surface area contributed by atoms with Crippen LogP contribution in [0.5, 0.6) is 0 Å². The highest BCUT2D eigenvalue weighted by atomic mass is 14.4. The Hall–Kier alpha value is -8.58. The van der Waals surface area contributed by atoms with Crippen LogP contribution in [0.2, 0.25) is 0 Å². The Morgan fingerprint density at radius 3 is 1.78 bits per heavy atom. The van der Waals surface area contributed by atoms with E-state index in [0.717, 1.165) is 12.8 Å². The summed E-state index contributed by atoms with van der Waals surface area (Å²) in [7, 11) is 0. The van der Waals surface area contributed by atoms with Gasteiger partial charge >= 0.3 is 0 Å². The molecule has 0 bridgehead atoms. The molecule has 0 heteroatoms. The van der Waals surface area contributed by atoms with Crippen LogP contribution >= 0.6 is 0 Å². The van der Waals surface area contributed by atoms with Crippen molar-refractivity contribution in [3.8, 4) is 33.4 Å². The molecule has 14 aromatic carbocycles. The lowest BCUT2D eigenvalue weighted by Gasteiger charge is -2.23. The molecule has 1 aliphatic rings. The standard InChI is InChI=1S/C73H52/c1-5-18-50-43(2)73(3,4)64-40-45(34-36-55(50)64)32-31-44-33-35-54-57-29-17-30-58-66(57)61(60(54)39-44)42-63-68(56-28-16-25-46-21-12-14-26-51(46)56)71-59-38-37-53(47-19-8-6-9-20-47)67-52-27-15-13-24-49(52)41-62(70(59)67)72(71)65(69(58)63)48-22-10-7-11-23-48/h5-30,33-42H,31-32H2,1-4H3/b18-5-. The molecule has 0 spiro atoms. The molecular formula is C73H52. The van der Waals surface area contributed by atoms with Crippen LogP contribution in [-0.2, 0) is 18.3 Å². The van der Waals surface area contributed by atoms with E-state index >= 15 is 0 Å². The topological polar surface area (TPSA) is 0 Å². The molecule has 0 N–H and O–H groups in total. The molecule has 0 radical (unpaired) electrons.